The number of hydrogen-bond acceptors (Lipinski definition) is 3. The van der Waals surface area contributed by atoms with E-state index in [0.717, 1.165) is 13.0 Å². The predicted molar refractivity (Wildman–Crippen MR) is 49.1 cm³/mol. The van der Waals surface area contributed by atoms with Crippen molar-refractivity contribution in [2.45, 2.75) is 13.3 Å². The summed E-state index contributed by atoms with van der Waals surface area (Å²) >= 11 is 0. The molecule has 0 spiro atoms. The van der Waals surface area contributed by atoms with E-state index in [1.165, 1.54) is 0 Å². The number of nitrogens with one attached hydrogen (secondary N) is 1. The molecule has 1 aliphatic carbocycles. The third kappa shape index (κ3) is 1.38. The summed E-state index contributed by atoms with van der Waals surface area (Å²) in [5.74, 6) is 0.386. The lowest BCUT2D eigenvalue weighted by atomic mass is 10.1. The standard InChI is InChI=1S/C10H14N2O2/c1-7(3-11)4-12-9(13)10-2-8(10)5-14-6-10/h7-8H,2,4-6H2,1H3,(H,12,13). The summed E-state index contributed by atoms with van der Waals surface area (Å²) in [5.41, 5.74) is -0.227. The maximum absolute atomic E-state index is 11.7. The van der Waals surface area contributed by atoms with Gasteiger partial charge in [-0.3, -0.25) is 4.79 Å². The summed E-state index contributed by atoms with van der Waals surface area (Å²) in [7, 11) is 0. The Morgan fingerprint density at radius 3 is 3.14 bits per heavy atom. The highest BCUT2D eigenvalue weighted by Crippen LogP contribution is 2.56. The first-order valence-corrected chi connectivity index (χ1v) is 4.95. The Balaban J connectivity index is 1.83. The number of hydrogen-bond donors (Lipinski definition) is 1. The highest BCUT2D eigenvalue weighted by molar-refractivity contribution is 5.86. The molecule has 0 aromatic carbocycles. The van der Waals surface area contributed by atoms with E-state index in [4.69, 9.17) is 10.00 Å². The van der Waals surface area contributed by atoms with Gasteiger partial charge in [0, 0.05) is 12.5 Å². The fourth-order valence-electron chi connectivity index (χ4n) is 1.97. The molecule has 2 fully saturated rings. The quantitative estimate of drug-likeness (QED) is 0.702. The van der Waals surface area contributed by atoms with Gasteiger partial charge in [-0.25, -0.2) is 0 Å². The van der Waals surface area contributed by atoms with Crippen molar-refractivity contribution in [2.24, 2.45) is 17.3 Å². The Kier molecular flexibility index (Phi) is 2.20. The summed E-state index contributed by atoms with van der Waals surface area (Å²) < 4.78 is 5.24. The first-order valence-electron chi connectivity index (χ1n) is 4.95. The van der Waals surface area contributed by atoms with Crippen LogP contribution in [0, 0.1) is 28.6 Å². The average Bonchev–Trinajstić information content (AvgIpc) is 2.78. The van der Waals surface area contributed by atoms with Crippen molar-refractivity contribution in [1.82, 2.24) is 5.32 Å². The van der Waals surface area contributed by atoms with E-state index in [1.54, 1.807) is 6.92 Å². The first kappa shape index (κ1) is 9.47. The molecule has 2 aliphatic rings. The third-order valence-corrected chi connectivity index (χ3v) is 3.15. The minimum Gasteiger partial charge on any atom is -0.380 e. The molecular weight excluding hydrogens is 180 g/mol. The zero-order chi connectivity index (χ0) is 10.2. The van der Waals surface area contributed by atoms with Gasteiger partial charge in [0.2, 0.25) is 5.91 Å². The van der Waals surface area contributed by atoms with Crippen LogP contribution in [0.5, 0.6) is 0 Å². The minimum atomic E-state index is -0.227. The van der Waals surface area contributed by atoms with E-state index in [9.17, 15) is 4.79 Å². The molecule has 0 radical (unpaired) electrons. The number of fused-ring (bicyclic) bond motifs is 1. The lowest BCUT2D eigenvalue weighted by molar-refractivity contribution is -0.127. The van der Waals surface area contributed by atoms with Crippen molar-refractivity contribution in [2.75, 3.05) is 19.8 Å². The molecule has 3 atom stereocenters. The molecule has 0 aromatic rings. The lowest BCUT2D eigenvalue weighted by Gasteiger charge is -2.12. The fourth-order valence-corrected chi connectivity index (χ4v) is 1.97. The minimum absolute atomic E-state index is 0.0714. The molecule has 14 heavy (non-hydrogen) atoms. The van der Waals surface area contributed by atoms with Gasteiger partial charge in [0.1, 0.15) is 0 Å². The molecule has 2 rings (SSSR count). The molecule has 1 saturated carbocycles. The Labute approximate surface area is 83.2 Å². The Bertz CT molecular complexity index is 297. The van der Waals surface area contributed by atoms with Crippen LogP contribution in [-0.4, -0.2) is 25.7 Å². The smallest absolute Gasteiger partial charge is 0.228 e. The number of nitrogens with zero attached hydrogens (tertiary/aromatic N) is 1. The fraction of sp³-hybridized carbons (Fsp3) is 0.800. The first-order chi connectivity index (χ1) is 6.69. The molecule has 1 heterocycles. The van der Waals surface area contributed by atoms with E-state index in [1.807, 2.05) is 0 Å². The van der Waals surface area contributed by atoms with Gasteiger partial charge in [-0.1, -0.05) is 0 Å². The molecule has 4 heteroatoms. The maximum Gasteiger partial charge on any atom is 0.228 e. The second kappa shape index (κ2) is 3.25. The van der Waals surface area contributed by atoms with Gasteiger partial charge in [0.25, 0.3) is 0 Å². The number of rotatable bonds is 3. The van der Waals surface area contributed by atoms with Crippen LogP contribution in [0.1, 0.15) is 13.3 Å². The summed E-state index contributed by atoms with van der Waals surface area (Å²) in [6.45, 7) is 3.53. The predicted octanol–water partition coefficient (Wildman–Crippen LogP) is 0.299. The largest absolute Gasteiger partial charge is 0.380 e. The van der Waals surface area contributed by atoms with Crippen LogP contribution in [0.3, 0.4) is 0 Å². The molecule has 1 amide bonds. The monoisotopic (exact) mass is 194 g/mol. The Hall–Kier alpha value is -1.08. The van der Waals surface area contributed by atoms with E-state index < -0.39 is 0 Å². The third-order valence-electron chi connectivity index (χ3n) is 3.15. The van der Waals surface area contributed by atoms with Crippen molar-refractivity contribution in [1.29, 1.82) is 5.26 Å². The Morgan fingerprint density at radius 2 is 2.64 bits per heavy atom. The van der Waals surface area contributed by atoms with E-state index in [-0.39, 0.29) is 17.2 Å². The van der Waals surface area contributed by atoms with E-state index >= 15 is 0 Å². The van der Waals surface area contributed by atoms with Crippen LogP contribution in [0.4, 0.5) is 0 Å². The molecular formula is C10H14N2O2. The van der Waals surface area contributed by atoms with Gasteiger partial charge in [-0.2, -0.15) is 5.26 Å². The van der Waals surface area contributed by atoms with Gasteiger partial charge < -0.3 is 10.1 Å². The van der Waals surface area contributed by atoms with E-state index in [2.05, 4.69) is 11.4 Å². The number of amides is 1. The SMILES string of the molecule is CC(C#N)CNC(=O)C12COCC1C2. The van der Waals surface area contributed by atoms with Crippen LogP contribution in [0.2, 0.25) is 0 Å². The normalized spacial score (nSPS) is 35.6. The van der Waals surface area contributed by atoms with Crippen molar-refractivity contribution in [3.05, 3.63) is 0 Å². The number of carbonyl (C=O) groups excluding carboxylic acids is 1. The van der Waals surface area contributed by atoms with Crippen LogP contribution < -0.4 is 5.32 Å². The maximum atomic E-state index is 11.7. The molecule has 1 saturated heterocycles. The summed E-state index contributed by atoms with van der Waals surface area (Å²) in [4.78, 5) is 11.7. The summed E-state index contributed by atoms with van der Waals surface area (Å²) in [6, 6.07) is 2.09. The average molecular weight is 194 g/mol. The second-order valence-electron chi connectivity index (χ2n) is 4.31. The van der Waals surface area contributed by atoms with Crippen LogP contribution in [-0.2, 0) is 9.53 Å². The molecule has 0 bridgehead atoms. The molecule has 76 valence electrons. The van der Waals surface area contributed by atoms with E-state index in [0.29, 0.717) is 19.1 Å². The topological polar surface area (TPSA) is 62.1 Å². The van der Waals surface area contributed by atoms with Crippen LogP contribution >= 0.6 is 0 Å². The van der Waals surface area contributed by atoms with Crippen LogP contribution in [0.15, 0.2) is 0 Å². The van der Waals surface area contributed by atoms with Gasteiger partial charge in [0.15, 0.2) is 0 Å². The van der Waals surface area contributed by atoms with Crippen molar-refractivity contribution < 1.29 is 9.53 Å². The Morgan fingerprint density at radius 1 is 1.86 bits per heavy atom. The molecule has 1 N–H and O–H groups in total. The summed E-state index contributed by atoms with van der Waals surface area (Å²) in [6.07, 6.45) is 0.958. The number of nitriles is 1. The zero-order valence-corrected chi connectivity index (χ0v) is 8.25. The molecule has 0 aromatic heterocycles. The van der Waals surface area contributed by atoms with Gasteiger partial charge >= 0.3 is 0 Å². The van der Waals surface area contributed by atoms with Crippen molar-refractivity contribution >= 4 is 5.91 Å². The molecule has 1 aliphatic heterocycles. The molecule has 3 unspecified atom stereocenters. The molecule has 4 nitrogen and oxygen atoms in total. The van der Waals surface area contributed by atoms with Crippen molar-refractivity contribution in [3.63, 3.8) is 0 Å². The van der Waals surface area contributed by atoms with Gasteiger partial charge in [-0.05, 0) is 13.3 Å². The van der Waals surface area contributed by atoms with Crippen molar-refractivity contribution in [3.8, 4) is 6.07 Å². The second-order valence-corrected chi connectivity index (χ2v) is 4.31. The highest BCUT2D eigenvalue weighted by Gasteiger charge is 2.63. The zero-order valence-electron chi connectivity index (χ0n) is 8.25. The van der Waals surface area contributed by atoms with Gasteiger partial charge in [-0.15, -0.1) is 0 Å². The summed E-state index contributed by atoms with van der Waals surface area (Å²) in [5, 5.41) is 11.4. The highest BCUT2D eigenvalue weighted by atomic mass is 16.5. The number of ether oxygens (including phenoxy) is 1. The van der Waals surface area contributed by atoms with Gasteiger partial charge in [0.05, 0.1) is 30.6 Å². The van der Waals surface area contributed by atoms with Crippen LogP contribution in [0.25, 0.3) is 0 Å². The number of carbonyl (C=O) groups is 1. The lowest BCUT2D eigenvalue weighted by Crippen LogP contribution is -2.36.